The summed E-state index contributed by atoms with van der Waals surface area (Å²) in [6.45, 7) is 4.75. The molecule has 1 unspecified atom stereocenters. The molecule has 0 saturated carbocycles. The van der Waals surface area contributed by atoms with Crippen molar-refractivity contribution >= 4 is 5.65 Å². The summed E-state index contributed by atoms with van der Waals surface area (Å²) in [5, 5.41) is 0. The molecule has 2 heterocycles. The average Bonchev–Trinajstić information content (AvgIpc) is 2.98. The number of hydrogen-bond donors (Lipinski definition) is 1. The first kappa shape index (κ1) is 16.3. The lowest BCUT2D eigenvalue weighted by Gasteiger charge is -2.13. The highest BCUT2D eigenvalue weighted by molar-refractivity contribution is 5.70. The Labute approximate surface area is 142 Å². The van der Waals surface area contributed by atoms with Gasteiger partial charge in [0.25, 0.3) is 0 Å². The van der Waals surface area contributed by atoms with Crippen LogP contribution in [0.5, 0.6) is 11.5 Å². The minimum absolute atomic E-state index is 0.185. The Kier molecular flexibility index (Phi) is 4.44. The van der Waals surface area contributed by atoms with Crippen molar-refractivity contribution in [3.05, 3.63) is 47.8 Å². The van der Waals surface area contributed by atoms with Crippen LogP contribution < -0.4 is 15.2 Å². The van der Waals surface area contributed by atoms with E-state index in [4.69, 9.17) is 20.2 Å². The topological polar surface area (TPSA) is 61.8 Å². The Morgan fingerprint density at radius 3 is 2.54 bits per heavy atom. The van der Waals surface area contributed by atoms with E-state index in [0.29, 0.717) is 18.0 Å². The van der Waals surface area contributed by atoms with E-state index in [1.54, 1.807) is 14.2 Å². The molecule has 126 valence electrons. The van der Waals surface area contributed by atoms with Gasteiger partial charge in [-0.2, -0.15) is 0 Å². The summed E-state index contributed by atoms with van der Waals surface area (Å²) < 4.78 is 12.9. The van der Waals surface area contributed by atoms with Crippen LogP contribution in [-0.4, -0.2) is 30.1 Å². The van der Waals surface area contributed by atoms with Crippen LogP contribution in [-0.2, 0) is 0 Å². The van der Waals surface area contributed by atoms with E-state index < -0.39 is 0 Å². The summed E-state index contributed by atoms with van der Waals surface area (Å²) in [7, 11) is 3.27. The first-order valence-electron chi connectivity index (χ1n) is 8.00. The first-order chi connectivity index (χ1) is 11.6. The van der Waals surface area contributed by atoms with Crippen LogP contribution in [0.1, 0.15) is 24.1 Å². The van der Waals surface area contributed by atoms with E-state index in [-0.39, 0.29) is 5.92 Å². The van der Waals surface area contributed by atoms with Gasteiger partial charge < -0.3 is 19.6 Å². The fraction of sp³-hybridized carbons (Fsp3) is 0.316. The van der Waals surface area contributed by atoms with Gasteiger partial charge in [-0.3, -0.25) is 0 Å². The second-order valence-corrected chi connectivity index (χ2v) is 5.99. The predicted molar refractivity (Wildman–Crippen MR) is 95.9 cm³/mol. The molecule has 5 nitrogen and oxygen atoms in total. The Bertz CT molecular complexity index is 870. The number of ether oxygens (including phenoxy) is 2. The van der Waals surface area contributed by atoms with Gasteiger partial charge >= 0.3 is 0 Å². The van der Waals surface area contributed by atoms with E-state index in [1.807, 2.05) is 24.3 Å². The summed E-state index contributed by atoms with van der Waals surface area (Å²) in [4.78, 5) is 4.83. The molecule has 2 N–H and O–H groups in total. The van der Waals surface area contributed by atoms with E-state index in [0.717, 1.165) is 22.6 Å². The molecule has 0 saturated heterocycles. The molecule has 2 aromatic heterocycles. The Morgan fingerprint density at radius 1 is 1.12 bits per heavy atom. The number of rotatable bonds is 5. The molecular weight excluding hydrogens is 302 g/mol. The Balaban J connectivity index is 2.25. The number of benzene rings is 1. The van der Waals surface area contributed by atoms with Gasteiger partial charge in [0.1, 0.15) is 5.65 Å². The highest BCUT2D eigenvalue weighted by Gasteiger charge is 2.20. The van der Waals surface area contributed by atoms with Crippen LogP contribution in [0.4, 0.5) is 0 Å². The quantitative estimate of drug-likeness (QED) is 0.781. The van der Waals surface area contributed by atoms with Crippen molar-refractivity contribution in [1.29, 1.82) is 0 Å². The summed E-state index contributed by atoms with van der Waals surface area (Å²) >= 11 is 0. The van der Waals surface area contributed by atoms with Gasteiger partial charge in [-0.25, -0.2) is 4.98 Å². The summed E-state index contributed by atoms with van der Waals surface area (Å²) in [6, 6.07) is 9.97. The largest absolute Gasteiger partial charge is 0.493 e. The molecule has 0 aliphatic carbocycles. The Hall–Kier alpha value is -2.53. The fourth-order valence-corrected chi connectivity index (χ4v) is 2.95. The molecule has 3 aromatic rings. The SMILES string of the molecule is COc1ccc(-c2nc3ccc(C)cn3c2C(C)CN)cc1OC. The van der Waals surface area contributed by atoms with E-state index >= 15 is 0 Å². The molecule has 3 rings (SSSR count). The van der Waals surface area contributed by atoms with Gasteiger partial charge in [0.05, 0.1) is 25.6 Å². The van der Waals surface area contributed by atoms with Gasteiger partial charge in [0.2, 0.25) is 0 Å². The van der Waals surface area contributed by atoms with Crippen molar-refractivity contribution in [3.8, 4) is 22.8 Å². The van der Waals surface area contributed by atoms with Gasteiger partial charge in [0, 0.05) is 24.2 Å². The monoisotopic (exact) mass is 325 g/mol. The van der Waals surface area contributed by atoms with Crippen LogP contribution in [0.25, 0.3) is 16.9 Å². The second-order valence-electron chi connectivity index (χ2n) is 5.99. The third-order valence-corrected chi connectivity index (χ3v) is 4.28. The number of fused-ring (bicyclic) bond motifs is 1. The molecule has 0 aliphatic heterocycles. The number of nitrogens with two attached hydrogens (primary N) is 1. The van der Waals surface area contributed by atoms with E-state index in [9.17, 15) is 0 Å². The molecular formula is C19H23N3O2. The number of nitrogens with zero attached hydrogens (tertiary/aromatic N) is 2. The van der Waals surface area contributed by atoms with E-state index in [2.05, 4.69) is 30.5 Å². The minimum Gasteiger partial charge on any atom is -0.493 e. The van der Waals surface area contributed by atoms with Crippen molar-refractivity contribution < 1.29 is 9.47 Å². The zero-order chi connectivity index (χ0) is 17.3. The van der Waals surface area contributed by atoms with Crippen molar-refractivity contribution in [2.24, 2.45) is 5.73 Å². The van der Waals surface area contributed by atoms with Crippen LogP contribution in [0, 0.1) is 6.92 Å². The number of aryl methyl sites for hydroxylation is 1. The summed E-state index contributed by atoms with van der Waals surface area (Å²) in [5.41, 5.74) is 11.1. The Morgan fingerprint density at radius 2 is 1.88 bits per heavy atom. The van der Waals surface area contributed by atoms with Crippen LogP contribution >= 0.6 is 0 Å². The average molecular weight is 325 g/mol. The van der Waals surface area contributed by atoms with Crippen molar-refractivity contribution in [1.82, 2.24) is 9.38 Å². The molecule has 0 bridgehead atoms. The zero-order valence-corrected chi connectivity index (χ0v) is 14.5. The lowest BCUT2D eigenvalue weighted by atomic mass is 10.0. The minimum atomic E-state index is 0.185. The second kappa shape index (κ2) is 6.53. The number of methoxy groups -OCH3 is 2. The normalized spacial score (nSPS) is 12.4. The lowest BCUT2D eigenvalue weighted by Crippen LogP contribution is -2.12. The molecule has 0 aliphatic rings. The van der Waals surface area contributed by atoms with Crippen LogP contribution in [0.2, 0.25) is 0 Å². The third-order valence-electron chi connectivity index (χ3n) is 4.28. The predicted octanol–water partition coefficient (Wildman–Crippen LogP) is 3.39. The number of hydrogen-bond acceptors (Lipinski definition) is 4. The molecule has 0 amide bonds. The molecule has 0 radical (unpaired) electrons. The van der Waals surface area contributed by atoms with Gasteiger partial charge in [-0.05, 0) is 36.8 Å². The maximum absolute atomic E-state index is 5.96. The smallest absolute Gasteiger partial charge is 0.161 e. The van der Waals surface area contributed by atoms with Crippen molar-refractivity contribution in [3.63, 3.8) is 0 Å². The maximum atomic E-state index is 5.96. The molecule has 1 aromatic carbocycles. The highest BCUT2D eigenvalue weighted by atomic mass is 16.5. The van der Waals surface area contributed by atoms with Crippen molar-refractivity contribution in [2.45, 2.75) is 19.8 Å². The lowest BCUT2D eigenvalue weighted by molar-refractivity contribution is 0.355. The molecule has 0 fully saturated rings. The molecule has 0 spiro atoms. The number of imidazole rings is 1. The van der Waals surface area contributed by atoms with Crippen LogP contribution in [0.15, 0.2) is 36.5 Å². The standard InChI is InChI=1S/C19H23N3O2/c1-12-5-8-17-21-18(19(13(2)10-20)22(17)11-12)14-6-7-15(23-3)16(9-14)24-4/h5-9,11,13H,10,20H2,1-4H3. The maximum Gasteiger partial charge on any atom is 0.161 e. The fourth-order valence-electron chi connectivity index (χ4n) is 2.95. The molecule has 5 heteroatoms. The van der Waals surface area contributed by atoms with Gasteiger partial charge in [-0.15, -0.1) is 0 Å². The van der Waals surface area contributed by atoms with Crippen molar-refractivity contribution in [2.75, 3.05) is 20.8 Å². The zero-order valence-electron chi connectivity index (χ0n) is 14.5. The summed E-state index contributed by atoms with van der Waals surface area (Å²) in [6.07, 6.45) is 2.11. The molecule has 1 atom stereocenters. The summed E-state index contributed by atoms with van der Waals surface area (Å²) in [5.74, 6) is 1.58. The first-order valence-corrected chi connectivity index (χ1v) is 8.00. The number of pyridine rings is 1. The number of aromatic nitrogens is 2. The van der Waals surface area contributed by atoms with E-state index in [1.165, 1.54) is 5.56 Å². The third kappa shape index (κ3) is 2.71. The molecule has 24 heavy (non-hydrogen) atoms. The van der Waals surface area contributed by atoms with Gasteiger partial charge in [-0.1, -0.05) is 13.0 Å². The van der Waals surface area contributed by atoms with Gasteiger partial charge in [0.15, 0.2) is 11.5 Å². The highest BCUT2D eigenvalue weighted by Crippen LogP contribution is 2.35. The van der Waals surface area contributed by atoms with Crippen LogP contribution in [0.3, 0.4) is 0 Å².